The SMILES string of the molecule is CCCCCCCCCCCCCCCOC(=O)C1CCN(C(=O)c2ccccc2OC)CC1. The van der Waals surface area contributed by atoms with E-state index in [2.05, 4.69) is 6.92 Å². The van der Waals surface area contributed by atoms with Crippen molar-refractivity contribution in [3.63, 3.8) is 0 Å². The van der Waals surface area contributed by atoms with E-state index in [9.17, 15) is 9.59 Å². The fourth-order valence-corrected chi connectivity index (χ4v) is 4.72. The second-order valence-electron chi connectivity index (χ2n) is 9.68. The minimum Gasteiger partial charge on any atom is -0.496 e. The van der Waals surface area contributed by atoms with Crippen LogP contribution in [0.3, 0.4) is 0 Å². The fraction of sp³-hybridized carbons (Fsp3) is 0.724. The van der Waals surface area contributed by atoms with Gasteiger partial charge in [-0.1, -0.05) is 96.1 Å². The topological polar surface area (TPSA) is 55.8 Å². The van der Waals surface area contributed by atoms with E-state index in [4.69, 9.17) is 9.47 Å². The molecule has 1 amide bonds. The van der Waals surface area contributed by atoms with Gasteiger partial charge >= 0.3 is 5.97 Å². The number of rotatable bonds is 17. The van der Waals surface area contributed by atoms with Crippen LogP contribution in [-0.2, 0) is 9.53 Å². The summed E-state index contributed by atoms with van der Waals surface area (Å²) in [4.78, 5) is 27.0. The molecule has 1 aromatic carbocycles. The predicted octanol–water partition coefficient (Wildman–Crippen LogP) is 7.18. The van der Waals surface area contributed by atoms with Crippen LogP contribution in [0.5, 0.6) is 5.75 Å². The molecule has 0 aromatic heterocycles. The van der Waals surface area contributed by atoms with Gasteiger partial charge in [-0.2, -0.15) is 0 Å². The third-order valence-corrected chi connectivity index (χ3v) is 6.95. The van der Waals surface area contributed by atoms with Gasteiger partial charge in [-0.25, -0.2) is 0 Å². The van der Waals surface area contributed by atoms with Gasteiger partial charge in [0.2, 0.25) is 0 Å². The van der Waals surface area contributed by atoms with Gasteiger partial charge < -0.3 is 14.4 Å². The van der Waals surface area contributed by atoms with Crippen LogP contribution in [0, 0.1) is 5.92 Å². The number of hydrogen-bond donors (Lipinski definition) is 0. The zero-order valence-electron chi connectivity index (χ0n) is 21.7. The smallest absolute Gasteiger partial charge is 0.309 e. The van der Waals surface area contributed by atoms with Crippen molar-refractivity contribution in [1.82, 2.24) is 4.90 Å². The van der Waals surface area contributed by atoms with E-state index >= 15 is 0 Å². The van der Waals surface area contributed by atoms with Crippen LogP contribution in [0.4, 0.5) is 0 Å². The molecule has 0 saturated carbocycles. The Morgan fingerprint density at radius 2 is 1.35 bits per heavy atom. The van der Waals surface area contributed by atoms with E-state index in [1.165, 1.54) is 70.6 Å². The first-order valence-electron chi connectivity index (χ1n) is 13.8. The van der Waals surface area contributed by atoms with Crippen molar-refractivity contribution < 1.29 is 19.1 Å². The molecule has 0 unspecified atom stereocenters. The molecule has 192 valence electrons. The monoisotopic (exact) mass is 473 g/mol. The Hall–Kier alpha value is -2.04. The van der Waals surface area contributed by atoms with Crippen LogP contribution in [-0.4, -0.2) is 43.6 Å². The number of ether oxygens (including phenoxy) is 2. The number of likely N-dealkylation sites (tertiary alicyclic amines) is 1. The van der Waals surface area contributed by atoms with Crippen molar-refractivity contribution in [2.45, 2.75) is 103 Å². The number of amides is 1. The molecule has 1 saturated heterocycles. The van der Waals surface area contributed by atoms with Gasteiger partial charge in [0.1, 0.15) is 5.75 Å². The number of esters is 1. The Bertz CT molecular complexity index is 697. The zero-order valence-corrected chi connectivity index (χ0v) is 21.7. The van der Waals surface area contributed by atoms with E-state index in [1.54, 1.807) is 19.2 Å². The minimum atomic E-state index is -0.0941. The van der Waals surface area contributed by atoms with Crippen molar-refractivity contribution in [3.8, 4) is 5.75 Å². The van der Waals surface area contributed by atoms with Gasteiger partial charge in [0.05, 0.1) is 25.2 Å². The Morgan fingerprint density at radius 3 is 1.91 bits per heavy atom. The van der Waals surface area contributed by atoms with E-state index in [-0.39, 0.29) is 17.8 Å². The van der Waals surface area contributed by atoms with Gasteiger partial charge in [0.25, 0.3) is 5.91 Å². The van der Waals surface area contributed by atoms with Crippen LogP contribution < -0.4 is 4.74 Å². The summed E-state index contributed by atoms with van der Waals surface area (Å²) in [5, 5.41) is 0. The molecule has 0 aliphatic carbocycles. The third-order valence-electron chi connectivity index (χ3n) is 6.95. The number of carbonyl (C=O) groups is 2. The van der Waals surface area contributed by atoms with E-state index < -0.39 is 0 Å². The van der Waals surface area contributed by atoms with Crippen LogP contribution in [0.1, 0.15) is 114 Å². The van der Waals surface area contributed by atoms with E-state index in [1.807, 2.05) is 17.0 Å². The van der Waals surface area contributed by atoms with E-state index in [0.717, 1.165) is 12.8 Å². The quantitative estimate of drug-likeness (QED) is 0.178. The zero-order chi connectivity index (χ0) is 24.4. The first-order valence-corrected chi connectivity index (χ1v) is 13.8. The molecule has 1 aromatic rings. The second kappa shape index (κ2) is 17.4. The molecule has 0 atom stereocenters. The number of unbranched alkanes of at least 4 members (excludes halogenated alkanes) is 12. The molecule has 0 radical (unpaired) electrons. The van der Waals surface area contributed by atoms with Gasteiger partial charge in [-0.05, 0) is 31.4 Å². The first-order chi connectivity index (χ1) is 16.7. The molecule has 2 rings (SSSR count). The standard InChI is InChI=1S/C29H47NO4/c1-3-4-5-6-7-8-9-10-11-12-13-14-17-24-34-29(32)25-20-22-30(23-21-25)28(31)26-18-15-16-19-27(26)33-2/h15-16,18-19,25H,3-14,17,20-24H2,1-2H3. The average Bonchev–Trinajstić information content (AvgIpc) is 2.88. The van der Waals surface area contributed by atoms with Crippen LogP contribution >= 0.6 is 0 Å². The largest absolute Gasteiger partial charge is 0.496 e. The maximum Gasteiger partial charge on any atom is 0.309 e. The Balaban J connectivity index is 1.47. The van der Waals surface area contributed by atoms with E-state index in [0.29, 0.717) is 43.9 Å². The first kappa shape index (κ1) is 28.2. The summed E-state index contributed by atoms with van der Waals surface area (Å²) in [5.74, 6) is 0.370. The molecule has 0 spiro atoms. The molecule has 1 aliphatic heterocycles. The minimum absolute atomic E-state index is 0.0313. The molecule has 1 heterocycles. The van der Waals surface area contributed by atoms with Crippen LogP contribution in [0.25, 0.3) is 0 Å². The molecule has 5 heteroatoms. The van der Waals surface area contributed by atoms with Gasteiger partial charge in [-0.3, -0.25) is 9.59 Å². The number of piperidine rings is 1. The molecule has 5 nitrogen and oxygen atoms in total. The Kier molecular flexibility index (Phi) is 14.4. The fourth-order valence-electron chi connectivity index (χ4n) is 4.72. The van der Waals surface area contributed by atoms with Crippen molar-refractivity contribution in [2.24, 2.45) is 5.92 Å². The molecule has 0 N–H and O–H groups in total. The lowest BCUT2D eigenvalue weighted by atomic mass is 9.96. The Morgan fingerprint density at radius 1 is 0.824 bits per heavy atom. The summed E-state index contributed by atoms with van der Waals surface area (Å²) in [6.07, 6.45) is 18.4. The normalized spacial score (nSPS) is 14.2. The molecule has 34 heavy (non-hydrogen) atoms. The van der Waals surface area contributed by atoms with Crippen molar-refractivity contribution in [3.05, 3.63) is 29.8 Å². The number of para-hydroxylation sites is 1. The summed E-state index contributed by atoms with van der Waals surface area (Å²) >= 11 is 0. The van der Waals surface area contributed by atoms with Crippen LogP contribution in [0.15, 0.2) is 24.3 Å². The van der Waals surface area contributed by atoms with Gasteiger partial charge in [0.15, 0.2) is 0 Å². The number of hydrogen-bond acceptors (Lipinski definition) is 4. The Labute approximate surface area is 207 Å². The highest BCUT2D eigenvalue weighted by Crippen LogP contribution is 2.24. The highest BCUT2D eigenvalue weighted by atomic mass is 16.5. The van der Waals surface area contributed by atoms with Gasteiger partial charge in [0, 0.05) is 13.1 Å². The lowest BCUT2D eigenvalue weighted by Crippen LogP contribution is -2.40. The average molecular weight is 474 g/mol. The number of benzene rings is 1. The molecular weight excluding hydrogens is 426 g/mol. The maximum atomic E-state index is 12.8. The summed E-state index contributed by atoms with van der Waals surface area (Å²) in [5.41, 5.74) is 0.577. The predicted molar refractivity (Wildman–Crippen MR) is 138 cm³/mol. The molecule has 0 bridgehead atoms. The van der Waals surface area contributed by atoms with Gasteiger partial charge in [-0.15, -0.1) is 0 Å². The van der Waals surface area contributed by atoms with Crippen LogP contribution in [0.2, 0.25) is 0 Å². The third kappa shape index (κ3) is 10.5. The van der Waals surface area contributed by atoms with Crippen molar-refractivity contribution in [2.75, 3.05) is 26.8 Å². The highest BCUT2D eigenvalue weighted by molar-refractivity contribution is 5.97. The lowest BCUT2D eigenvalue weighted by molar-refractivity contribution is -0.150. The number of nitrogens with zero attached hydrogens (tertiary/aromatic N) is 1. The highest BCUT2D eigenvalue weighted by Gasteiger charge is 2.29. The van der Waals surface area contributed by atoms with Crippen molar-refractivity contribution in [1.29, 1.82) is 0 Å². The lowest BCUT2D eigenvalue weighted by Gasteiger charge is -2.31. The maximum absolute atomic E-state index is 12.8. The van der Waals surface area contributed by atoms with Crippen molar-refractivity contribution >= 4 is 11.9 Å². The molecule has 1 fully saturated rings. The summed E-state index contributed by atoms with van der Waals surface area (Å²) < 4.78 is 10.8. The summed E-state index contributed by atoms with van der Waals surface area (Å²) in [6.45, 7) is 3.95. The molecular formula is C29H47NO4. The number of methoxy groups -OCH3 is 1. The number of carbonyl (C=O) groups excluding carboxylic acids is 2. The second-order valence-corrected chi connectivity index (χ2v) is 9.68. The molecule has 1 aliphatic rings. The summed E-state index contributed by atoms with van der Waals surface area (Å²) in [7, 11) is 1.58. The summed E-state index contributed by atoms with van der Waals surface area (Å²) in [6, 6.07) is 7.29.